The Labute approximate surface area is 93.3 Å². The van der Waals surface area contributed by atoms with Crippen molar-refractivity contribution in [3.05, 3.63) is 22.7 Å². The number of hydrogen-bond acceptors (Lipinski definition) is 3. The highest BCUT2D eigenvalue weighted by atomic mass is 35.5. The third-order valence-corrected chi connectivity index (χ3v) is 2.61. The number of nitrogens with zero attached hydrogens (tertiary/aromatic N) is 3. The van der Waals surface area contributed by atoms with E-state index in [-0.39, 0.29) is 11.2 Å². The second-order valence-corrected chi connectivity index (χ2v) is 4.00. The summed E-state index contributed by atoms with van der Waals surface area (Å²) < 4.78 is 0. The van der Waals surface area contributed by atoms with E-state index in [1.807, 2.05) is 0 Å². The molecule has 2 rings (SSSR count). The second-order valence-electron chi connectivity index (χ2n) is 3.66. The first-order valence-electron chi connectivity index (χ1n) is 4.97. The number of aryl methyl sites for hydroxylation is 1. The summed E-state index contributed by atoms with van der Waals surface area (Å²) in [5.74, 6) is -0.0418. The fourth-order valence-electron chi connectivity index (χ4n) is 1.72. The average Bonchev–Trinajstić information content (AvgIpc) is 2.67. The highest BCUT2D eigenvalue weighted by Gasteiger charge is 2.21. The van der Waals surface area contributed by atoms with E-state index in [2.05, 4.69) is 9.97 Å². The van der Waals surface area contributed by atoms with Gasteiger partial charge in [-0.2, -0.15) is 0 Å². The van der Waals surface area contributed by atoms with Crippen molar-refractivity contribution in [1.82, 2.24) is 14.9 Å². The standard InChI is InChI=1S/C10H12ClN3O/c1-7-6-8(13-10(11)12-7)9(15)14-4-2-3-5-14/h6H,2-5H2,1H3. The molecule has 80 valence electrons. The molecule has 2 heterocycles. The Morgan fingerprint density at radius 2 is 2.07 bits per heavy atom. The van der Waals surface area contributed by atoms with Crippen LogP contribution < -0.4 is 0 Å². The molecule has 1 aromatic rings. The molecule has 0 aliphatic carbocycles. The minimum absolute atomic E-state index is 0.0418. The van der Waals surface area contributed by atoms with Gasteiger partial charge in [0.05, 0.1) is 0 Å². The van der Waals surface area contributed by atoms with Gasteiger partial charge in [-0.15, -0.1) is 0 Å². The fourth-order valence-corrected chi connectivity index (χ4v) is 1.95. The van der Waals surface area contributed by atoms with Gasteiger partial charge in [0.15, 0.2) is 0 Å². The van der Waals surface area contributed by atoms with Crippen LogP contribution in [-0.4, -0.2) is 33.9 Å². The highest BCUT2D eigenvalue weighted by Crippen LogP contribution is 2.13. The number of hydrogen-bond donors (Lipinski definition) is 0. The molecule has 1 saturated heterocycles. The maximum Gasteiger partial charge on any atom is 0.272 e. The topological polar surface area (TPSA) is 46.1 Å². The summed E-state index contributed by atoms with van der Waals surface area (Å²) >= 11 is 5.71. The first kappa shape index (κ1) is 10.4. The Kier molecular flexibility index (Phi) is 2.86. The Morgan fingerprint density at radius 3 is 2.67 bits per heavy atom. The molecule has 1 aliphatic heterocycles. The van der Waals surface area contributed by atoms with Gasteiger partial charge >= 0.3 is 0 Å². The van der Waals surface area contributed by atoms with Gasteiger partial charge < -0.3 is 4.90 Å². The van der Waals surface area contributed by atoms with Gasteiger partial charge in [0.2, 0.25) is 5.28 Å². The van der Waals surface area contributed by atoms with Crippen molar-refractivity contribution in [2.24, 2.45) is 0 Å². The third kappa shape index (κ3) is 2.26. The molecule has 15 heavy (non-hydrogen) atoms. The maximum absolute atomic E-state index is 11.9. The molecule has 5 heteroatoms. The van der Waals surface area contributed by atoms with E-state index in [1.54, 1.807) is 17.9 Å². The van der Waals surface area contributed by atoms with Crippen LogP contribution in [0.2, 0.25) is 5.28 Å². The predicted molar refractivity (Wildman–Crippen MR) is 56.9 cm³/mol. The normalized spacial score (nSPS) is 15.7. The van der Waals surface area contributed by atoms with Gasteiger partial charge in [0.1, 0.15) is 5.69 Å². The predicted octanol–water partition coefficient (Wildman–Crippen LogP) is 1.67. The Morgan fingerprint density at radius 1 is 1.40 bits per heavy atom. The quantitative estimate of drug-likeness (QED) is 0.683. The van der Waals surface area contributed by atoms with Gasteiger partial charge in [-0.1, -0.05) is 0 Å². The van der Waals surface area contributed by atoms with E-state index in [4.69, 9.17) is 11.6 Å². The zero-order chi connectivity index (χ0) is 10.8. The van der Waals surface area contributed by atoms with E-state index in [1.165, 1.54) is 0 Å². The summed E-state index contributed by atoms with van der Waals surface area (Å²) in [7, 11) is 0. The van der Waals surface area contributed by atoms with Gasteiger partial charge in [0, 0.05) is 18.8 Å². The van der Waals surface area contributed by atoms with Crippen LogP contribution in [0.25, 0.3) is 0 Å². The van der Waals surface area contributed by atoms with Crippen LogP contribution in [0.1, 0.15) is 29.0 Å². The summed E-state index contributed by atoms with van der Waals surface area (Å²) in [6.45, 7) is 3.44. The number of carbonyl (C=O) groups excluding carboxylic acids is 1. The van der Waals surface area contributed by atoms with Crippen molar-refractivity contribution < 1.29 is 4.79 Å². The molecule has 0 unspecified atom stereocenters. The summed E-state index contributed by atoms with van der Waals surface area (Å²) in [6, 6.07) is 1.67. The Hall–Kier alpha value is -1.16. The van der Waals surface area contributed by atoms with Gasteiger partial charge in [-0.25, -0.2) is 9.97 Å². The molecule has 0 N–H and O–H groups in total. The lowest BCUT2D eigenvalue weighted by molar-refractivity contribution is 0.0786. The number of halogens is 1. The highest BCUT2D eigenvalue weighted by molar-refractivity contribution is 6.28. The zero-order valence-corrected chi connectivity index (χ0v) is 9.29. The number of amides is 1. The van der Waals surface area contributed by atoms with Crippen LogP contribution in [0, 0.1) is 6.92 Å². The van der Waals surface area contributed by atoms with Crippen LogP contribution >= 0.6 is 11.6 Å². The average molecular weight is 226 g/mol. The Balaban J connectivity index is 2.24. The minimum atomic E-state index is -0.0418. The van der Waals surface area contributed by atoms with Crippen molar-refractivity contribution in [1.29, 1.82) is 0 Å². The molecule has 0 saturated carbocycles. The number of likely N-dealkylation sites (tertiary alicyclic amines) is 1. The summed E-state index contributed by atoms with van der Waals surface area (Å²) in [6.07, 6.45) is 2.15. The molecule has 1 amide bonds. The zero-order valence-electron chi connectivity index (χ0n) is 8.53. The monoisotopic (exact) mass is 225 g/mol. The lowest BCUT2D eigenvalue weighted by atomic mass is 10.3. The van der Waals surface area contributed by atoms with E-state index in [9.17, 15) is 4.79 Å². The molecule has 1 fully saturated rings. The van der Waals surface area contributed by atoms with Crippen LogP contribution in [0.4, 0.5) is 0 Å². The maximum atomic E-state index is 11.9. The minimum Gasteiger partial charge on any atom is -0.337 e. The smallest absolute Gasteiger partial charge is 0.272 e. The van der Waals surface area contributed by atoms with Gasteiger partial charge in [-0.3, -0.25) is 4.79 Å². The van der Waals surface area contributed by atoms with Crippen molar-refractivity contribution in [3.8, 4) is 0 Å². The summed E-state index contributed by atoms with van der Waals surface area (Å²) in [5, 5.41) is 0.137. The third-order valence-electron chi connectivity index (χ3n) is 2.44. The lowest BCUT2D eigenvalue weighted by Crippen LogP contribution is -2.28. The molecular weight excluding hydrogens is 214 g/mol. The van der Waals surface area contributed by atoms with Crippen molar-refractivity contribution >= 4 is 17.5 Å². The molecule has 4 nitrogen and oxygen atoms in total. The summed E-state index contributed by atoms with van der Waals surface area (Å²) in [5.41, 5.74) is 1.12. The second kappa shape index (κ2) is 4.14. The molecule has 0 spiro atoms. The first-order valence-corrected chi connectivity index (χ1v) is 5.35. The van der Waals surface area contributed by atoms with E-state index >= 15 is 0 Å². The van der Waals surface area contributed by atoms with Crippen molar-refractivity contribution in [2.75, 3.05) is 13.1 Å². The SMILES string of the molecule is Cc1cc(C(=O)N2CCCC2)nc(Cl)n1. The van der Waals surface area contributed by atoms with Gasteiger partial charge in [-0.05, 0) is 37.4 Å². The van der Waals surface area contributed by atoms with Crippen LogP contribution in [0.5, 0.6) is 0 Å². The molecule has 0 radical (unpaired) electrons. The van der Waals surface area contributed by atoms with Crippen molar-refractivity contribution in [3.63, 3.8) is 0 Å². The molecule has 0 atom stereocenters. The van der Waals surface area contributed by atoms with E-state index in [0.717, 1.165) is 31.6 Å². The fraction of sp³-hybridized carbons (Fsp3) is 0.500. The largest absolute Gasteiger partial charge is 0.337 e. The number of rotatable bonds is 1. The first-order chi connectivity index (χ1) is 7.16. The summed E-state index contributed by atoms with van der Waals surface area (Å²) in [4.78, 5) is 21.6. The van der Waals surface area contributed by atoms with Crippen LogP contribution in [-0.2, 0) is 0 Å². The molecule has 1 aromatic heterocycles. The molecular formula is C10H12ClN3O. The van der Waals surface area contributed by atoms with Gasteiger partial charge in [0.25, 0.3) is 5.91 Å². The van der Waals surface area contributed by atoms with Crippen LogP contribution in [0.15, 0.2) is 6.07 Å². The Bertz CT molecular complexity index is 368. The molecule has 0 aromatic carbocycles. The van der Waals surface area contributed by atoms with Crippen LogP contribution in [0.3, 0.4) is 0 Å². The van der Waals surface area contributed by atoms with Crippen molar-refractivity contribution in [2.45, 2.75) is 19.8 Å². The van der Waals surface area contributed by atoms with E-state index in [0.29, 0.717) is 5.69 Å². The van der Waals surface area contributed by atoms with E-state index < -0.39 is 0 Å². The molecule has 0 bridgehead atoms. The molecule has 1 aliphatic rings. The number of carbonyl (C=O) groups is 1. The lowest BCUT2D eigenvalue weighted by Gasteiger charge is -2.14. The number of aromatic nitrogens is 2.